The summed E-state index contributed by atoms with van der Waals surface area (Å²) in [5.41, 5.74) is 1.12. The van der Waals surface area contributed by atoms with Crippen LogP contribution in [0.3, 0.4) is 0 Å². The molecule has 1 aliphatic heterocycles. The number of benzene rings is 1. The fourth-order valence-electron chi connectivity index (χ4n) is 2.66. The van der Waals surface area contributed by atoms with Gasteiger partial charge in [0.15, 0.2) is 0 Å². The molecule has 2 N–H and O–H groups in total. The van der Waals surface area contributed by atoms with Crippen LogP contribution in [0.2, 0.25) is 0 Å². The Bertz CT molecular complexity index is 409. The van der Waals surface area contributed by atoms with Gasteiger partial charge >= 0.3 is 0 Å². The molecular weight excluding hydrogens is 264 g/mol. The molecule has 0 bridgehead atoms. The molecule has 1 saturated heterocycles. The van der Waals surface area contributed by atoms with Gasteiger partial charge in [-0.2, -0.15) is 0 Å². The molecule has 1 atom stereocenters. The lowest BCUT2D eigenvalue weighted by atomic mass is 10.2. The molecule has 118 valence electrons. The lowest BCUT2D eigenvalue weighted by Crippen LogP contribution is -3.16. The lowest BCUT2D eigenvalue weighted by Gasteiger charge is -2.34. The Hall–Kier alpha value is -1.10. The van der Waals surface area contributed by atoms with Gasteiger partial charge in [-0.05, 0) is 32.9 Å². The SMILES string of the molecule is CC(C)(C)OC[C@@H](O)C[NH+]1CCN(c2ccccc2)CC1. The number of aliphatic hydroxyl groups is 1. The van der Waals surface area contributed by atoms with Crippen LogP contribution in [-0.4, -0.2) is 56.1 Å². The second-order valence-corrected chi connectivity index (χ2v) is 6.85. The van der Waals surface area contributed by atoms with E-state index >= 15 is 0 Å². The van der Waals surface area contributed by atoms with Crippen LogP contribution in [0.5, 0.6) is 0 Å². The van der Waals surface area contributed by atoms with Crippen LogP contribution in [0, 0.1) is 0 Å². The summed E-state index contributed by atoms with van der Waals surface area (Å²) in [7, 11) is 0. The van der Waals surface area contributed by atoms with Gasteiger partial charge in [-0.15, -0.1) is 0 Å². The predicted molar refractivity (Wildman–Crippen MR) is 85.9 cm³/mol. The Labute approximate surface area is 128 Å². The maximum Gasteiger partial charge on any atom is 0.126 e. The largest absolute Gasteiger partial charge is 0.385 e. The molecule has 0 aromatic heterocycles. The van der Waals surface area contributed by atoms with E-state index in [4.69, 9.17) is 4.74 Å². The monoisotopic (exact) mass is 293 g/mol. The molecule has 0 unspecified atom stereocenters. The van der Waals surface area contributed by atoms with Gasteiger partial charge < -0.3 is 19.6 Å². The van der Waals surface area contributed by atoms with Crippen LogP contribution in [0.25, 0.3) is 0 Å². The third kappa shape index (κ3) is 5.65. The Morgan fingerprint density at radius 3 is 2.38 bits per heavy atom. The zero-order valence-electron chi connectivity index (χ0n) is 13.5. The van der Waals surface area contributed by atoms with Crippen molar-refractivity contribution in [1.29, 1.82) is 0 Å². The molecule has 1 aromatic carbocycles. The van der Waals surface area contributed by atoms with Crippen molar-refractivity contribution in [3.63, 3.8) is 0 Å². The molecule has 0 aliphatic carbocycles. The summed E-state index contributed by atoms with van der Waals surface area (Å²) in [5, 5.41) is 10.1. The van der Waals surface area contributed by atoms with Crippen LogP contribution in [0.4, 0.5) is 5.69 Å². The molecule has 0 amide bonds. The molecule has 0 spiro atoms. The van der Waals surface area contributed by atoms with Gasteiger partial charge in [0.05, 0.1) is 38.4 Å². The summed E-state index contributed by atoms with van der Waals surface area (Å²) >= 11 is 0. The number of hydrogen-bond acceptors (Lipinski definition) is 3. The van der Waals surface area contributed by atoms with Gasteiger partial charge in [0.1, 0.15) is 12.6 Å². The summed E-state index contributed by atoms with van der Waals surface area (Å²) in [4.78, 5) is 3.88. The number of hydrogen-bond donors (Lipinski definition) is 2. The van der Waals surface area contributed by atoms with E-state index in [1.54, 1.807) is 0 Å². The van der Waals surface area contributed by atoms with Crippen molar-refractivity contribution >= 4 is 5.69 Å². The number of para-hydroxylation sites is 1. The van der Waals surface area contributed by atoms with Gasteiger partial charge in [-0.3, -0.25) is 0 Å². The zero-order chi connectivity index (χ0) is 15.3. The molecular formula is C17H29N2O2+. The van der Waals surface area contributed by atoms with Crippen LogP contribution < -0.4 is 9.80 Å². The number of quaternary nitrogens is 1. The predicted octanol–water partition coefficient (Wildman–Crippen LogP) is 0.568. The maximum atomic E-state index is 10.1. The number of rotatable bonds is 5. The second kappa shape index (κ2) is 7.25. The van der Waals surface area contributed by atoms with Gasteiger partial charge in [0.25, 0.3) is 0 Å². The number of ether oxygens (including phenoxy) is 1. The van der Waals surface area contributed by atoms with E-state index in [0.717, 1.165) is 32.7 Å². The molecule has 4 heteroatoms. The quantitative estimate of drug-likeness (QED) is 0.833. The number of nitrogens with zero attached hydrogens (tertiary/aromatic N) is 1. The van der Waals surface area contributed by atoms with Crippen molar-refractivity contribution < 1.29 is 14.7 Å². The van der Waals surface area contributed by atoms with Gasteiger partial charge in [0.2, 0.25) is 0 Å². The van der Waals surface area contributed by atoms with Crippen molar-refractivity contribution in [1.82, 2.24) is 0 Å². The van der Waals surface area contributed by atoms with Crippen molar-refractivity contribution in [3.05, 3.63) is 30.3 Å². The molecule has 1 fully saturated rings. The first-order chi connectivity index (χ1) is 9.94. The molecule has 2 rings (SSSR count). The zero-order valence-corrected chi connectivity index (χ0v) is 13.5. The lowest BCUT2D eigenvalue weighted by molar-refractivity contribution is -0.903. The number of aliphatic hydroxyl groups excluding tert-OH is 1. The first kappa shape index (κ1) is 16.3. The molecule has 1 aromatic rings. The minimum Gasteiger partial charge on any atom is -0.385 e. The third-order valence-corrected chi connectivity index (χ3v) is 3.82. The fourth-order valence-corrected chi connectivity index (χ4v) is 2.66. The van der Waals surface area contributed by atoms with Crippen molar-refractivity contribution in [2.45, 2.75) is 32.5 Å². The highest BCUT2D eigenvalue weighted by Crippen LogP contribution is 2.12. The third-order valence-electron chi connectivity index (χ3n) is 3.82. The highest BCUT2D eigenvalue weighted by atomic mass is 16.5. The summed E-state index contributed by atoms with van der Waals surface area (Å²) in [6.07, 6.45) is -0.373. The Kier molecular flexibility index (Phi) is 5.62. The first-order valence-electron chi connectivity index (χ1n) is 7.89. The van der Waals surface area contributed by atoms with Crippen molar-refractivity contribution in [3.8, 4) is 0 Å². The van der Waals surface area contributed by atoms with Crippen LogP contribution in [0.15, 0.2) is 30.3 Å². The fraction of sp³-hybridized carbons (Fsp3) is 0.647. The van der Waals surface area contributed by atoms with Crippen molar-refractivity contribution in [2.24, 2.45) is 0 Å². The topological polar surface area (TPSA) is 37.1 Å². The van der Waals surface area contributed by atoms with E-state index in [2.05, 4.69) is 35.2 Å². The molecule has 4 nitrogen and oxygen atoms in total. The molecule has 0 radical (unpaired) electrons. The Balaban J connectivity index is 1.72. The Morgan fingerprint density at radius 1 is 1.19 bits per heavy atom. The van der Waals surface area contributed by atoms with E-state index in [-0.39, 0.29) is 11.7 Å². The van der Waals surface area contributed by atoms with Crippen LogP contribution >= 0.6 is 0 Å². The molecule has 1 aliphatic rings. The first-order valence-corrected chi connectivity index (χ1v) is 7.89. The number of piperazine rings is 1. The van der Waals surface area contributed by atoms with E-state index < -0.39 is 0 Å². The normalized spacial score (nSPS) is 18.8. The Morgan fingerprint density at radius 2 is 1.81 bits per heavy atom. The minimum absolute atomic E-state index is 0.178. The summed E-state index contributed by atoms with van der Waals surface area (Å²) in [6, 6.07) is 10.6. The summed E-state index contributed by atoms with van der Waals surface area (Å²) in [5.74, 6) is 0. The van der Waals surface area contributed by atoms with Crippen LogP contribution in [0.1, 0.15) is 20.8 Å². The van der Waals surface area contributed by atoms with Gasteiger partial charge in [-0.25, -0.2) is 0 Å². The average Bonchev–Trinajstić information content (AvgIpc) is 2.46. The van der Waals surface area contributed by atoms with Crippen LogP contribution in [-0.2, 0) is 4.74 Å². The smallest absolute Gasteiger partial charge is 0.126 e. The summed E-state index contributed by atoms with van der Waals surface area (Å²) < 4.78 is 5.65. The summed E-state index contributed by atoms with van der Waals surface area (Å²) in [6.45, 7) is 11.5. The number of anilines is 1. The highest BCUT2D eigenvalue weighted by molar-refractivity contribution is 5.45. The van der Waals surface area contributed by atoms with E-state index in [1.165, 1.54) is 10.6 Å². The highest BCUT2D eigenvalue weighted by Gasteiger charge is 2.23. The van der Waals surface area contributed by atoms with Gasteiger partial charge in [-0.1, -0.05) is 18.2 Å². The maximum absolute atomic E-state index is 10.1. The van der Waals surface area contributed by atoms with E-state index in [1.807, 2.05) is 20.8 Å². The molecule has 0 saturated carbocycles. The molecule has 21 heavy (non-hydrogen) atoms. The second-order valence-electron chi connectivity index (χ2n) is 6.85. The number of nitrogens with one attached hydrogen (secondary N) is 1. The van der Waals surface area contributed by atoms with E-state index in [0.29, 0.717) is 6.61 Å². The minimum atomic E-state index is -0.373. The average molecular weight is 293 g/mol. The van der Waals surface area contributed by atoms with E-state index in [9.17, 15) is 5.11 Å². The molecule has 1 heterocycles. The standard InChI is InChI=1S/C17H28N2O2/c1-17(2,3)21-14-16(20)13-18-9-11-19(12-10-18)15-7-5-4-6-8-15/h4-8,16,20H,9-14H2,1-3H3/p+1/t16-/m0/s1. The van der Waals surface area contributed by atoms with Crippen molar-refractivity contribution in [2.75, 3.05) is 44.2 Å². The van der Waals surface area contributed by atoms with Gasteiger partial charge in [0, 0.05) is 5.69 Å².